The van der Waals surface area contributed by atoms with Crippen molar-refractivity contribution in [2.24, 2.45) is 11.5 Å². The van der Waals surface area contributed by atoms with Gasteiger partial charge in [0.25, 0.3) is 0 Å². The van der Waals surface area contributed by atoms with Crippen LogP contribution in [-0.4, -0.2) is 55.2 Å². The predicted octanol–water partition coefficient (Wildman–Crippen LogP) is 0.749. The largest absolute Gasteiger partial charge is 0.678 e. The Morgan fingerprint density at radius 2 is 1.45 bits per heavy atom. The van der Waals surface area contributed by atoms with E-state index in [2.05, 4.69) is 0 Å². The fourth-order valence-electron chi connectivity index (χ4n) is 1.88. The maximum absolute atomic E-state index is 10.2. The number of nitrogens with two attached hydrogens (primary N) is 2. The van der Waals surface area contributed by atoms with Crippen LogP contribution >= 0.6 is 0 Å². The van der Waals surface area contributed by atoms with E-state index in [4.69, 9.17) is 29.2 Å². The van der Waals surface area contributed by atoms with Crippen molar-refractivity contribution < 1.29 is 22.5 Å². The molecule has 3 unspecified atom stereocenters. The van der Waals surface area contributed by atoms with Crippen LogP contribution in [0.5, 0.6) is 0 Å². The van der Waals surface area contributed by atoms with E-state index in [0.717, 1.165) is 12.8 Å². The second kappa shape index (κ2) is 11.7. The van der Waals surface area contributed by atoms with Crippen molar-refractivity contribution in [3.8, 4) is 0 Å². The standard InChI is InChI=1S/C13H32N2O5Si2/c1-6-11(14)13(12(15)7-2)21-19-10(5)20-22(16,17-8-3)18-9-4/h10-13,16H,6-9,14-15H2,1-5H3. The van der Waals surface area contributed by atoms with Crippen LogP contribution in [0.3, 0.4) is 0 Å². The van der Waals surface area contributed by atoms with Crippen molar-refractivity contribution >= 4 is 18.8 Å². The highest BCUT2D eigenvalue weighted by atomic mass is 28.4. The zero-order valence-corrected chi connectivity index (χ0v) is 16.4. The first kappa shape index (κ1) is 22.2. The molecular formula is C13H32N2O5Si2. The minimum atomic E-state index is -3.64. The highest BCUT2D eigenvalue weighted by Gasteiger charge is 2.42. The van der Waals surface area contributed by atoms with Gasteiger partial charge in [0.15, 0.2) is 0 Å². The molecule has 0 saturated carbocycles. The zero-order chi connectivity index (χ0) is 17.2. The molecule has 0 heterocycles. The first-order chi connectivity index (χ1) is 10.3. The van der Waals surface area contributed by atoms with Crippen molar-refractivity contribution in [3.63, 3.8) is 0 Å². The van der Waals surface area contributed by atoms with Crippen molar-refractivity contribution in [1.82, 2.24) is 0 Å². The molecule has 5 N–H and O–H groups in total. The summed E-state index contributed by atoms with van der Waals surface area (Å²) in [6.45, 7) is 9.91. The molecule has 22 heavy (non-hydrogen) atoms. The minimum absolute atomic E-state index is 0.0182. The smallest absolute Gasteiger partial charge is 0.393 e. The fourth-order valence-corrected chi connectivity index (χ4v) is 4.61. The lowest BCUT2D eigenvalue weighted by atomic mass is 10.0. The van der Waals surface area contributed by atoms with Gasteiger partial charge >= 0.3 is 9.05 Å². The Morgan fingerprint density at radius 3 is 1.82 bits per heavy atom. The Balaban J connectivity index is 4.52. The molecule has 9 heteroatoms. The second-order valence-corrected chi connectivity index (χ2v) is 7.98. The normalized spacial score (nSPS) is 18.0. The molecule has 0 aromatic heterocycles. The summed E-state index contributed by atoms with van der Waals surface area (Å²) in [5.74, 6) is 0. The lowest BCUT2D eigenvalue weighted by Gasteiger charge is -2.29. The predicted molar refractivity (Wildman–Crippen MR) is 88.9 cm³/mol. The van der Waals surface area contributed by atoms with Crippen LogP contribution in [-0.2, 0) is 17.7 Å². The number of hydrogen-bond acceptors (Lipinski definition) is 7. The summed E-state index contributed by atoms with van der Waals surface area (Å²) in [5, 5.41) is 0. The van der Waals surface area contributed by atoms with E-state index in [1.54, 1.807) is 20.8 Å². The van der Waals surface area contributed by atoms with Gasteiger partial charge in [-0.25, -0.2) is 0 Å². The highest BCUT2D eigenvalue weighted by Crippen LogP contribution is 2.19. The van der Waals surface area contributed by atoms with Gasteiger partial charge in [0.1, 0.15) is 6.29 Å². The molecule has 0 rings (SSSR count). The molecule has 0 fully saturated rings. The van der Waals surface area contributed by atoms with Gasteiger partial charge in [-0.3, -0.25) is 0 Å². The molecule has 3 atom stereocenters. The maximum atomic E-state index is 10.2. The van der Waals surface area contributed by atoms with Gasteiger partial charge in [0.2, 0.25) is 9.76 Å². The molecule has 0 aliphatic rings. The lowest BCUT2D eigenvalue weighted by molar-refractivity contribution is -0.0864. The Labute approximate surface area is 138 Å². The van der Waals surface area contributed by atoms with Gasteiger partial charge < -0.3 is 34.0 Å². The summed E-state index contributed by atoms with van der Waals surface area (Å²) in [6.07, 6.45) is 1.02. The van der Waals surface area contributed by atoms with Crippen molar-refractivity contribution in [1.29, 1.82) is 0 Å². The molecule has 0 aliphatic carbocycles. The molecule has 0 aromatic carbocycles. The van der Waals surface area contributed by atoms with E-state index in [-0.39, 0.29) is 27.4 Å². The SMILES string of the molecule is CCO[Si](O)(OCC)OC(C)O[Si]C(C(N)CC)C(N)CC. The van der Waals surface area contributed by atoms with Crippen molar-refractivity contribution in [2.45, 2.75) is 71.4 Å². The van der Waals surface area contributed by atoms with Crippen LogP contribution in [0.25, 0.3) is 0 Å². The molecule has 0 aromatic rings. The van der Waals surface area contributed by atoms with Gasteiger partial charge in [0, 0.05) is 30.8 Å². The third-order valence-electron chi connectivity index (χ3n) is 3.20. The zero-order valence-electron chi connectivity index (χ0n) is 14.4. The van der Waals surface area contributed by atoms with E-state index in [9.17, 15) is 4.80 Å². The second-order valence-electron chi connectivity index (χ2n) is 4.98. The number of hydrogen-bond donors (Lipinski definition) is 3. The topological polar surface area (TPSA) is 109 Å². The van der Waals surface area contributed by atoms with Crippen LogP contribution in [0.4, 0.5) is 0 Å². The average molecular weight is 353 g/mol. The maximum Gasteiger partial charge on any atom is 0.678 e. The third kappa shape index (κ3) is 8.13. The average Bonchev–Trinajstić information content (AvgIpc) is 2.46. The molecule has 7 nitrogen and oxygen atoms in total. The van der Waals surface area contributed by atoms with Gasteiger partial charge in [-0.05, 0) is 33.6 Å². The Bertz CT molecular complexity index is 273. The summed E-state index contributed by atoms with van der Waals surface area (Å²) in [4.78, 5) is 10.2. The Morgan fingerprint density at radius 1 is 1.00 bits per heavy atom. The van der Waals surface area contributed by atoms with Crippen LogP contribution in [0.2, 0.25) is 5.54 Å². The fraction of sp³-hybridized carbons (Fsp3) is 1.00. The Hall–Kier alpha value is 0.154. The molecule has 0 spiro atoms. The molecule has 0 bridgehead atoms. The van der Waals surface area contributed by atoms with Gasteiger partial charge in [-0.1, -0.05) is 13.8 Å². The first-order valence-corrected chi connectivity index (χ1v) is 10.6. The molecule has 0 amide bonds. The van der Waals surface area contributed by atoms with E-state index >= 15 is 0 Å². The minimum Gasteiger partial charge on any atom is -0.393 e. The van der Waals surface area contributed by atoms with Crippen LogP contribution < -0.4 is 11.5 Å². The number of rotatable bonds is 13. The summed E-state index contributed by atoms with van der Waals surface area (Å²) >= 11 is 0. The van der Waals surface area contributed by atoms with E-state index in [1.165, 1.54) is 0 Å². The van der Waals surface area contributed by atoms with Gasteiger partial charge in [-0.15, -0.1) is 0 Å². The molecule has 2 radical (unpaired) electrons. The van der Waals surface area contributed by atoms with Crippen molar-refractivity contribution in [3.05, 3.63) is 0 Å². The van der Waals surface area contributed by atoms with Gasteiger partial charge in [0.05, 0.1) is 0 Å². The quantitative estimate of drug-likeness (QED) is 0.331. The summed E-state index contributed by atoms with van der Waals surface area (Å²) in [6, 6.07) is -0.0363. The summed E-state index contributed by atoms with van der Waals surface area (Å²) < 4.78 is 21.6. The summed E-state index contributed by atoms with van der Waals surface area (Å²) in [5.41, 5.74) is 12.3. The summed E-state index contributed by atoms with van der Waals surface area (Å²) in [7, 11) is -3.55. The van der Waals surface area contributed by atoms with Crippen LogP contribution in [0.15, 0.2) is 0 Å². The highest BCUT2D eigenvalue weighted by molar-refractivity contribution is 6.52. The lowest BCUT2D eigenvalue weighted by Crippen LogP contribution is -2.49. The van der Waals surface area contributed by atoms with E-state index in [0.29, 0.717) is 13.2 Å². The van der Waals surface area contributed by atoms with Crippen LogP contribution in [0.1, 0.15) is 47.5 Å². The van der Waals surface area contributed by atoms with E-state index < -0.39 is 15.3 Å². The molecule has 132 valence electrons. The first-order valence-electron chi connectivity index (χ1n) is 7.93. The van der Waals surface area contributed by atoms with E-state index in [1.807, 2.05) is 13.8 Å². The molecule has 0 aliphatic heterocycles. The van der Waals surface area contributed by atoms with Crippen LogP contribution in [0, 0.1) is 0 Å². The third-order valence-corrected chi connectivity index (χ3v) is 6.74. The Kier molecular flexibility index (Phi) is 11.7. The molecular weight excluding hydrogens is 320 g/mol. The monoisotopic (exact) mass is 352 g/mol. The van der Waals surface area contributed by atoms with Crippen molar-refractivity contribution in [2.75, 3.05) is 13.2 Å². The molecule has 0 saturated heterocycles. The van der Waals surface area contributed by atoms with Gasteiger partial charge in [-0.2, -0.15) is 0 Å².